The van der Waals surface area contributed by atoms with Crippen LogP contribution in [0.15, 0.2) is 18.5 Å². The summed E-state index contributed by atoms with van der Waals surface area (Å²) in [4.78, 5) is 18.2. The number of amides is 1. The third-order valence-corrected chi connectivity index (χ3v) is 2.99. The standard InChI is InChI=1S/C13H19N3O/c1-2-5-15-13(17)11-8-12(10-14-9-11)16-6-3-4-7-16/h8-10H,2-7H2,1H3,(H,15,17). The van der Waals surface area contributed by atoms with Gasteiger partial charge in [-0.1, -0.05) is 6.92 Å². The number of anilines is 1. The molecule has 1 aliphatic heterocycles. The lowest BCUT2D eigenvalue weighted by molar-refractivity contribution is 0.0953. The van der Waals surface area contributed by atoms with Gasteiger partial charge in [0.1, 0.15) is 0 Å². The van der Waals surface area contributed by atoms with Crippen molar-refractivity contribution in [3.05, 3.63) is 24.0 Å². The van der Waals surface area contributed by atoms with Crippen molar-refractivity contribution in [3.8, 4) is 0 Å². The van der Waals surface area contributed by atoms with Crippen LogP contribution in [0.2, 0.25) is 0 Å². The molecule has 2 rings (SSSR count). The quantitative estimate of drug-likeness (QED) is 0.862. The van der Waals surface area contributed by atoms with Crippen molar-refractivity contribution < 1.29 is 4.79 Å². The second kappa shape index (κ2) is 5.66. The molecule has 0 bridgehead atoms. The molecular formula is C13H19N3O. The second-order valence-electron chi connectivity index (χ2n) is 4.38. The van der Waals surface area contributed by atoms with Crippen LogP contribution in [0, 0.1) is 0 Å². The maximum absolute atomic E-state index is 11.8. The molecule has 2 heterocycles. The Morgan fingerprint density at radius 2 is 2.18 bits per heavy atom. The molecule has 4 nitrogen and oxygen atoms in total. The first-order valence-corrected chi connectivity index (χ1v) is 6.29. The molecule has 0 aromatic carbocycles. The molecule has 1 aliphatic rings. The van der Waals surface area contributed by atoms with E-state index in [9.17, 15) is 4.79 Å². The van der Waals surface area contributed by atoms with Gasteiger partial charge < -0.3 is 10.2 Å². The lowest BCUT2D eigenvalue weighted by Gasteiger charge is -2.17. The zero-order chi connectivity index (χ0) is 12.1. The number of aromatic nitrogens is 1. The summed E-state index contributed by atoms with van der Waals surface area (Å²) in [6.07, 6.45) is 6.87. The number of hydrogen-bond acceptors (Lipinski definition) is 3. The van der Waals surface area contributed by atoms with Gasteiger partial charge in [-0.3, -0.25) is 9.78 Å². The number of nitrogens with one attached hydrogen (secondary N) is 1. The predicted octanol–water partition coefficient (Wildman–Crippen LogP) is 1.82. The Morgan fingerprint density at radius 3 is 2.88 bits per heavy atom. The van der Waals surface area contributed by atoms with Gasteiger partial charge in [-0.05, 0) is 25.3 Å². The molecule has 0 atom stereocenters. The molecule has 1 aromatic heterocycles. The summed E-state index contributed by atoms with van der Waals surface area (Å²) in [5, 5.41) is 2.87. The Kier molecular flexibility index (Phi) is 3.96. The molecule has 1 aromatic rings. The van der Waals surface area contributed by atoms with Crippen LogP contribution in [-0.2, 0) is 0 Å². The number of nitrogens with zero attached hydrogens (tertiary/aromatic N) is 2. The van der Waals surface area contributed by atoms with Gasteiger partial charge in [-0.25, -0.2) is 0 Å². The molecule has 0 saturated carbocycles. The van der Waals surface area contributed by atoms with E-state index in [1.54, 1.807) is 6.20 Å². The maximum Gasteiger partial charge on any atom is 0.252 e. The third-order valence-electron chi connectivity index (χ3n) is 2.99. The van der Waals surface area contributed by atoms with E-state index >= 15 is 0 Å². The number of hydrogen-bond donors (Lipinski definition) is 1. The molecule has 17 heavy (non-hydrogen) atoms. The Bertz CT molecular complexity index is 386. The SMILES string of the molecule is CCCNC(=O)c1cncc(N2CCCC2)c1. The summed E-state index contributed by atoms with van der Waals surface area (Å²) in [6, 6.07) is 1.93. The number of pyridine rings is 1. The summed E-state index contributed by atoms with van der Waals surface area (Å²) in [5.74, 6) is -0.0274. The number of carbonyl (C=O) groups is 1. The fourth-order valence-corrected chi connectivity index (χ4v) is 2.04. The van der Waals surface area contributed by atoms with Gasteiger partial charge in [0.05, 0.1) is 17.4 Å². The zero-order valence-corrected chi connectivity index (χ0v) is 10.3. The van der Waals surface area contributed by atoms with E-state index in [1.807, 2.05) is 19.2 Å². The maximum atomic E-state index is 11.8. The highest BCUT2D eigenvalue weighted by molar-refractivity contribution is 5.94. The summed E-state index contributed by atoms with van der Waals surface area (Å²) in [7, 11) is 0. The molecule has 1 amide bonds. The minimum atomic E-state index is -0.0274. The molecular weight excluding hydrogens is 214 g/mol. The summed E-state index contributed by atoms with van der Waals surface area (Å²) < 4.78 is 0. The van der Waals surface area contributed by atoms with Gasteiger partial charge in [0.15, 0.2) is 0 Å². The topological polar surface area (TPSA) is 45.2 Å². The first kappa shape index (κ1) is 11.9. The first-order valence-electron chi connectivity index (χ1n) is 6.29. The van der Waals surface area contributed by atoms with Gasteiger partial charge in [0, 0.05) is 25.8 Å². The van der Waals surface area contributed by atoms with Gasteiger partial charge >= 0.3 is 0 Å². The Labute approximate surface area is 102 Å². The van der Waals surface area contributed by atoms with Crippen molar-refractivity contribution in [3.63, 3.8) is 0 Å². The number of carbonyl (C=O) groups excluding carboxylic acids is 1. The first-order chi connectivity index (χ1) is 8.31. The lowest BCUT2D eigenvalue weighted by Crippen LogP contribution is -2.25. The molecule has 0 radical (unpaired) electrons. The van der Waals surface area contributed by atoms with Gasteiger partial charge in [0.2, 0.25) is 0 Å². The van der Waals surface area contributed by atoms with E-state index in [2.05, 4.69) is 15.2 Å². The van der Waals surface area contributed by atoms with E-state index < -0.39 is 0 Å². The predicted molar refractivity (Wildman–Crippen MR) is 68.3 cm³/mol. The Hall–Kier alpha value is -1.58. The van der Waals surface area contributed by atoms with Crippen molar-refractivity contribution in [2.24, 2.45) is 0 Å². The highest BCUT2D eigenvalue weighted by Crippen LogP contribution is 2.19. The van der Waals surface area contributed by atoms with Crippen LogP contribution in [-0.4, -0.2) is 30.5 Å². The van der Waals surface area contributed by atoms with Crippen molar-refractivity contribution in [1.29, 1.82) is 0 Å². The van der Waals surface area contributed by atoms with Crippen molar-refractivity contribution in [1.82, 2.24) is 10.3 Å². The molecule has 1 fully saturated rings. The van der Waals surface area contributed by atoms with Crippen LogP contribution >= 0.6 is 0 Å². The average molecular weight is 233 g/mol. The summed E-state index contributed by atoms with van der Waals surface area (Å²) >= 11 is 0. The Balaban J connectivity index is 2.07. The van der Waals surface area contributed by atoms with Crippen LogP contribution in [0.5, 0.6) is 0 Å². The largest absolute Gasteiger partial charge is 0.370 e. The average Bonchev–Trinajstić information content (AvgIpc) is 2.90. The van der Waals surface area contributed by atoms with Crippen LogP contribution in [0.25, 0.3) is 0 Å². The highest BCUT2D eigenvalue weighted by Gasteiger charge is 2.14. The van der Waals surface area contributed by atoms with Crippen LogP contribution < -0.4 is 10.2 Å². The molecule has 1 saturated heterocycles. The normalized spacial score (nSPS) is 15.0. The summed E-state index contributed by atoms with van der Waals surface area (Å²) in [6.45, 7) is 4.90. The zero-order valence-electron chi connectivity index (χ0n) is 10.3. The molecule has 1 N–H and O–H groups in total. The molecule has 0 aliphatic carbocycles. The van der Waals surface area contributed by atoms with Gasteiger partial charge in [0.25, 0.3) is 5.91 Å². The van der Waals surface area contributed by atoms with Crippen LogP contribution in [0.1, 0.15) is 36.5 Å². The lowest BCUT2D eigenvalue weighted by atomic mass is 10.2. The highest BCUT2D eigenvalue weighted by atomic mass is 16.1. The molecule has 0 unspecified atom stereocenters. The van der Waals surface area contributed by atoms with Gasteiger partial charge in [-0.15, -0.1) is 0 Å². The molecule has 0 spiro atoms. The smallest absolute Gasteiger partial charge is 0.252 e. The van der Waals surface area contributed by atoms with Crippen molar-refractivity contribution in [2.75, 3.05) is 24.5 Å². The van der Waals surface area contributed by atoms with E-state index in [0.717, 1.165) is 25.2 Å². The summed E-state index contributed by atoms with van der Waals surface area (Å²) in [5.41, 5.74) is 1.72. The van der Waals surface area contributed by atoms with E-state index in [-0.39, 0.29) is 5.91 Å². The van der Waals surface area contributed by atoms with Crippen LogP contribution in [0.4, 0.5) is 5.69 Å². The minimum Gasteiger partial charge on any atom is -0.370 e. The molecule has 92 valence electrons. The molecule has 4 heteroatoms. The van der Waals surface area contributed by atoms with Crippen LogP contribution in [0.3, 0.4) is 0 Å². The van der Waals surface area contributed by atoms with Crippen molar-refractivity contribution in [2.45, 2.75) is 26.2 Å². The van der Waals surface area contributed by atoms with E-state index in [4.69, 9.17) is 0 Å². The van der Waals surface area contributed by atoms with E-state index in [0.29, 0.717) is 12.1 Å². The Morgan fingerprint density at radius 1 is 1.41 bits per heavy atom. The minimum absolute atomic E-state index is 0.0274. The fraction of sp³-hybridized carbons (Fsp3) is 0.538. The fourth-order valence-electron chi connectivity index (χ4n) is 2.04. The number of rotatable bonds is 4. The monoisotopic (exact) mass is 233 g/mol. The van der Waals surface area contributed by atoms with Crippen molar-refractivity contribution >= 4 is 11.6 Å². The second-order valence-corrected chi connectivity index (χ2v) is 4.38. The third kappa shape index (κ3) is 2.96. The van der Waals surface area contributed by atoms with Gasteiger partial charge in [-0.2, -0.15) is 0 Å². The van der Waals surface area contributed by atoms with E-state index in [1.165, 1.54) is 12.8 Å².